The summed E-state index contributed by atoms with van der Waals surface area (Å²) < 4.78 is 25.4. The third-order valence-electron chi connectivity index (χ3n) is 2.87. The van der Waals surface area contributed by atoms with Crippen LogP contribution in [0.2, 0.25) is 0 Å². The van der Waals surface area contributed by atoms with Gasteiger partial charge in [-0.2, -0.15) is 5.10 Å². The summed E-state index contributed by atoms with van der Waals surface area (Å²) in [6.07, 6.45) is 0. The highest BCUT2D eigenvalue weighted by Gasteiger charge is 2.11. The van der Waals surface area contributed by atoms with Crippen LogP contribution in [-0.2, 0) is 16.6 Å². The Kier molecular flexibility index (Phi) is 4.68. The van der Waals surface area contributed by atoms with Gasteiger partial charge < -0.3 is 5.32 Å². The van der Waals surface area contributed by atoms with Crippen molar-refractivity contribution in [2.75, 3.05) is 7.05 Å². The molecule has 1 aromatic carbocycles. The van der Waals surface area contributed by atoms with Gasteiger partial charge >= 0.3 is 0 Å². The Morgan fingerprint density at radius 2 is 1.86 bits per heavy atom. The Hall–Kier alpha value is -2.52. The van der Waals surface area contributed by atoms with Crippen molar-refractivity contribution in [3.63, 3.8) is 0 Å². The molecule has 0 fully saturated rings. The van der Waals surface area contributed by atoms with Crippen molar-refractivity contribution in [2.45, 2.75) is 11.4 Å². The van der Waals surface area contributed by atoms with Crippen molar-refractivity contribution in [3.05, 3.63) is 58.0 Å². The van der Waals surface area contributed by atoms with Crippen molar-refractivity contribution in [2.24, 2.45) is 0 Å². The largest absolute Gasteiger partial charge is 0.347 e. The van der Waals surface area contributed by atoms with Crippen LogP contribution >= 0.6 is 0 Å². The number of benzene rings is 1. The van der Waals surface area contributed by atoms with Gasteiger partial charge in [0.05, 0.1) is 4.90 Å². The number of aromatic nitrogens is 2. The lowest BCUT2D eigenvalue weighted by Gasteiger charge is -2.06. The molecule has 0 aliphatic rings. The van der Waals surface area contributed by atoms with E-state index in [0.29, 0.717) is 0 Å². The second-order valence-electron chi connectivity index (χ2n) is 4.34. The molecule has 3 N–H and O–H groups in total. The second kappa shape index (κ2) is 6.50. The second-order valence-corrected chi connectivity index (χ2v) is 6.23. The molecule has 1 heterocycles. The van der Waals surface area contributed by atoms with E-state index in [2.05, 4.69) is 20.2 Å². The number of carbonyl (C=O) groups excluding carboxylic acids is 1. The SMILES string of the molecule is CNS(=O)(=O)c1ccc(CNC(=O)c2ccc(=O)[nH]n2)cc1. The molecule has 0 radical (unpaired) electrons. The average Bonchev–Trinajstić information content (AvgIpc) is 2.53. The minimum Gasteiger partial charge on any atom is -0.347 e. The van der Waals surface area contributed by atoms with Gasteiger partial charge in [0, 0.05) is 12.6 Å². The number of aromatic amines is 1. The summed E-state index contributed by atoms with van der Waals surface area (Å²) in [6, 6.07) is 8.63. The standard InChI is InChI=1S/C13H14N4O4S/c1-14-22(20,21)10-4-2-9(3-5-10)8-15-13(19)11-6-7-12(18)17-16-11/h2-7,14H,8H2,1H3,(H,15,19)(H,17,18). The quantitative estimate of drug-likeness (QED) is 0.692. The Morgan fingerprint density at radius 3 is 2.41 bits per heavy atom. The number of carbonyl (C=O) groups is 1. The maximum atomic E-state index is 11.8. The lowest BCUT2D eigenvalue weighted by molar-refractivity contribution is 0.0944. The first-order valence-electron chi connectivity index (χ1n) is 6.29. The average molecular weight is 322 g/mol. The number of hydrogen-bond acceptors (Lipinski definition) is 5. The predicted octanol–water partition coefficient (Wildman–Crippen LogP) is -0.392. The number of amides is 1. The number of sulfonamides is 1. The first-order valence-corrected chi connectivity index (χ1v) is 7.77. The van der Waals surface area contributed by atoms with E-state index < -0.39 is 21.5 Å². The molecule has 0 saturated heterocycles. The van der Waals surface area contributed by atoms with Crippen molar-refractivity contribution < 1.29 is 13.2 Å². The van der Waals surface area contributed by atoms with E-state index >= 15 is 0 Å². The monoisotopic (exact) mass is 322 g/mol. The zero-order valence-corrected chi connectivity index (χ0v) is 12.5. The summed E-state index contributed by atoms with van der Waals surface area (Å²) in [5.74, 6) is -0.442. The van der Waals surface area contributed by atoms with Crippen LogP contribution in [0.15, 0.2) is 46.1 Å². The molecule has 0 bridgehead atoms. The van der Waals surface area contributed by atoms with E-state index in [1.807, 2.05) is 0 Å². The maximum absolute atomic E-state index is 11.8. The van der Waals surface area contributed by atoms with Gasteiger partial charge in [-0.1, -0.05) is 12.1 Å². The molecule has 9 heteroatoms. The van der Waals surface area contributed by atoms with Crippen LogP contribution < -0.4 is 15.6 Å². The van der Waals surface area contributed by atoms with Crippen LogP contribution in [0, 0.1) is 0 Å². The molecule has 22 heavy (non-hydrogen) atoms. The summed E-state index contributed by atoms with van der Waals surface area (Å²) in [6.45, 7) is 0.208. The molecule has 0 aliphatic carbocycles. The molecule has 0 atom stereocenters. The minimum atomic E-state index is -3.47. The molecule has 2 rings (SSSR count). The van der Waals surface area contributed by atoms with Crippen LogP contribution in [0.1, 0.15) is 16.1 Å². The van der Waals surface area contributed by atoms with Gasteiger partial charge in [-0.3, -0.25) is 9.59 Å². The number of H-pyrrole nitrogens is 1. The summed E-state index contributed by atoms with van der Waals surface area (Å²) >= 11 is 0. The van der Waals surface area contributed by atoms with Crippen molar-refractivity contribution in [1.29, 1.82) is 0 Å². The van der Waals surface area contributed by atoms with Crippen LogP contribution in [-0.4, -0.2) is 31.6 Å². The molecule has 2 aromatic rings. The highest BCUT2D eigenvalue weighted by Crippen LogP contribution is 2.10. The molecule has 0 unspecified atom stereocenters. The summed E-state index contributed by atoms with van der Waals surface area (Å²) in [7, 11) is -2.14. The fourth-order valence-electron chi connectivity index (χ4n) is 1.65. The molecule has 0 aliphatic heterocycles. The number of nitrogens with one attached hydrogen (secondary N) is 3. The van der Waals surface area contributed by atoms with E-state index in [9.17, 15) is 18.0 Å². The van der Waals surface area contributed by atoms with Crippen LogP contribution in [0.5, 0.6) is 0 Å². The molecule has 116 valence electrons. The van der Waals surface area contributed by atoms with E-state index in [1.54, 1.807) is 12.1 Å². The van der Waals surface area contributed by atoms with Gasteiger partial charge in [0.2, 0.25) is 10.0 Å². The van der Waals surface area contributed by atoms with Gasteiger partial charge in [-0.25, -0.2) is 18.2 Å². The number of hydrogen-bond donors (Lipinski definition) is 3. The molecule has 1 amide bonds. The molecule has 8 nitrogen and oxygen atoms in total. The molecule has 1 aromatic heterocycles. The van der Waals surface area contributed by atoms with Crippen LogP contribution in [0.3, 0.4) is 0 Å². The van der Waals surface area contributed by atoms with E-state index in [-0.39, 0.29) is 17.1 Å². The highest BCUT2D eigenvalue weighted by atomic mass is 32.2. The fourth-order valence-corrected chi connectivity index (χ4v) is 2.38. The first-order chi connectivity index (χ1) is 10.4. The molecule has 0 spiro atoms. The normalized spacial score (nSPS) is 11.1. The van der Waals surface area contributed by atoms with E-state index in [1.165, 1.54) is 31.3 Å². The van der Waals surface area contributed by atoms with Gasteiger partial charge in [-0.15, -0.1) is 0 Å². The summed E-state index contributed by atoms with van der Waals surface area (Å²) in [5, 5.41) is 8.40. The van der Waals surface area contributed by atoms with Crippen LogP contribution in [0.25, 0.3) is 0 Å². The smallest absolute Gasteiger partial charge is 0.271 e. The van der Waals surface area contributed by atoms with Gasteiger partial charge in [0.15, 0.2) is 0 Å². The van der Waals surface area contributed by atoms with Gasteiger partial charge in [0.25, 0.3) is 11.5 Å². The third-order valence-corrected chi connectivity index (χ3v) is 4.30. The Morgan fingerprint density at radius 1 is 1.18 bits per heavy atom. The van der Waals surface area contributed by atoms with Crippen molar-refractivity contribution >= 4 is 15.9 Å². The lowest BCUT2D eigenvalue weighted by atomic mass is 10.2. The zero-order valence-electron chi connectivity index (χ0n) is 11.7. The topological polar surface area (TPSA) is 121 Å². The molecular weight excluding hydrogens is 308 g/mol. The van der Waals surface area contributed by atoms with Crippen LogP contribution in [0.4, 0.5) is 0 Å². The zero-order chi connectivity index (χ0) is 16.2. The number of nitrogens with zero attached hydrogens (tertiary/aromatic N) is 1. The number of rotatable bonds is 5. The Balaban J connectivity index is 2.01. The molecular formula is C13H14N4O4S. The van der Waals surface area contributed by atoms with Gasteiger partial charge in [0.1, 0.15) is 5.69 Å². The van der Waals surface area contributed by atoms with Crippen molar-refractivity contribution in [3.8, 4) is 0 Å². The Bertz CT molecular complexity index is 807. The van der Waals surface area contributed by atoms with E-state index in [4.69, 9.17) is 0 Å². The predicted molar refractivity (Wildman–Crippen MR) is 78.7 cm³/mol. The van der Waals surface area contributed by atoms with Crippen molar-refractivity contribution in [1.82, 2.24) is 20.2 Å². The highest BCUT2D eigenvalue weighted by molar-refractivity contribution is 7.89. The minimum absolute atomic E-state index is 0.0916. The summed E-state index contributed by atoms with van der Waals surface area (Å²) in [4.78, 5) is 22.8. The molecule has 0 saturated carbocycles. The first kappa shape index (κ1) is 15.9. The third kappa shape index (κ3) is 3.77. The fraction of sp³-hybridized carbons (Fsp3) is 0.154. The maximum Gasteiger partial charge on any atom is 0.271 e. The van der Waals surface area contributed by atoms with Gasteiger partial charge in [-0.05, 0) is 30.8 Å². The summed E-state index contributed by atoms with van der Waals surface area (Å²) in [5.41, 5.74) is 0.430. The Labute approximate surface area is 126 Å². The lowest BCUT2D eigenvalue weighted by Crippen LogP contribution is -2.25. The van der Waals surface area contributed by atoms with E-state index in [0.717, 1.165) is 5.56 Å².